The monoisotopic (exact) mass is 406 g/mol. The van der Waals surface area contributed by atoms with Crippen LogP contribution in [-0.4, -0.2) is 24.8 Å². The number of rotatable bonds is 6. The molecule has 1 aliphatic carbocycles. The van der Waals surface area contributed by atoms with E-state index in [0.29, 0.717) is 12.1 Å². The molecule has 1 fully saturated rings. The Morgan fingerprint density at radius 2 is 1.85 bits per heavy atom. The van der Waals surface area contributed by atoms with Gasteiger partial charge in [-0.3, -0.25) is 14.7 Å². The number of carbonyl (C=O) groups excluding carboxylic acids is 1. The maximum absolute atomic E-state index is 12.5. The summed E-state index contributed by atoms with van der Waals surface area (Å²) in [6, 6.07) is 15.5. The van der Waals surface area contributed by atoms with E-state index in [1.807, 2.05) is 12.1 Å². The van der Waals surface area contributed by atoms with Crippen molar-refractivity contribution in [2.24, 2.45) is 5.92 Å². The number of benzene rings is 2. The molecule has 0 spiro atoms. The number of nitrogens with one attached hydrogen (secondary N) is 2. The van der Waals surface area contributed by atoms with Crippen LogP contribution in [0.2, 0.25) is 0 Å². The lowest BCUT2D eigenvalue weighted by atomic mass is 9.88. The van der Waals surface area contributed by atoms with Gasteiger partial charge in [-0.2, -0.15) is 0 Å². The summed E-state index contributed by atoms with van der Waals surface area (Å²) >= 11 is 1.64. The first-order valence-electron chi connectivity index (χ1n) is 8.76. The zero-order valence-corrected chi connectivity index (χ0v) is 16.3. The van der Waals surface area contributed by atoms with E-state index in [0.717, 1.165) is 24.2 Å². The van der Waals surface area contributed by atoms with Gasteiger partial charge in [0.2, 0.25) is 5.91 Å². The van der Waals surface area contributed by atoms with Gasteiger partial charge in [0, 0.05) is 21.8 Å². The van der Waals surface area contributed by atoms with E-state index in [-0.39, 0.29) is 22.0 Å². The summed E-state index contributed by atoms with van der Waals surface area (Å²) in [5.74, 6) is -0.509. The van der Waals surface area contributed by atoms with Crippen LogP contribution in [0.1, 0.15) is 25.7 Å². The molecule has 2 unspecified atom stereocenters. The van der Waals surface area contributed by atoms with E-state index in [9.17, 15) is 13.2 Å². The van der Waals surface area contributed by atoms with E-state index < -0.39 is 10.0 Å². The third kappa shape index (κ3) is 5.24. The number of thioether (sulfide) groups is 1. The van der Waals surface area contributed by atoms with Crippen molar-refractivity contribution in [2.75, 3.05) is 4.72 Å². The van der Waals surface area contributed by atoms with Crippen LogP contribution in [0.3, 0.4) is 0 Å². The Balaban J connectivity index is 1.68. The van der Waals surface area contributed by atoms with Crippen molar-refractivity contribution in [1.29, 1.82) is 0 Å². The molecule has 8 heteroatoms. The fourth-order valence-corrected chi connectivity index (χ4v) is 5.64. The summed E-state index contributed by atoms with van der Waals surface area (Å²) in [5.41, 5.74) is 2.25. The fourth-order valence-electron chi connectivity index (χ4n) is 3.22. The van der Waals surface area contributed by atoms with E-state index in [2.05, 4.69) is 4.72 Å². The summed E-state index contributed by atoms with van der Waals surface area (Å²) in [7, 11) is -3.63. The Kier molecular flexibility index (Phi) is 6.41. The molecule has 0 aliphatic heterocycles. The van der Waals surface area contributed by atoms with Gasteiger partial charge in [-0.05, 0) is 49.6 Å². The first-order chi connectivity index (χ1) is 13.0. The third-order valence-corrected chi connectivity index (χ3v) is 7.23. The summed E-state index contributed by atoms with van der Waals surface area (Å²) in [6.07, 6.45) is 3.38. The summed E-state index contributed by atoms with van der Waals surface area (Å²) in [4.78, 5) is 12.8. The second-order valence-electron chi connectivity index (χ2n) is 6.53. The van der Waals surface area contributed by atoms with Gasteiger partial charge in [-0.15, -0.1) is 11.8 Å². The van der Waals surface area contributed by atoms with Gasteiger partial charge in [0.25, 0.3) is 10.0 Å². The van der Waals surface area contributed by atoms with Crippen LogP contribution in [0.15, 0.2) is 64.4 Å². The highest BCUT2D eigenvalue weighted by molar-refractivity contribution is 8.00. The van der Waals surface area contributed by atoms with Crippen molar-refractivity contribution in [3.63, 3.8) is 0 Å². The number of sulfonamides is 1. The van der Waals surface area contributed by atoms with Crippen LogP contribution >= 0.6 is 11.8 Å². The van der Waals surface area contributed by atoms with Gasteiger partial charge in [0.05, 0.1) is 4.90 Å². The normalized spacial score (nSPS) is 20.0. The molecule has 0 aromatic heterocycles. The van der Waals surface area contributed by atoms with Gasteiger partial charge < -0.3 is 0 Å². The number of amides is 1. The second-order valence-corrected chi connectivity index (χ2v) is 9.58. The quantitative estimate of drug-likeness (QED) is 0.503. The summed E-state index contributed by atoms with van der Waals surface area (Å²) in [5, 5.41) is 9.08. The Bertz CT molecular complexity index is 888. The van der Waals surface area contributed by atoms with E-state index in [1.165, 1.54) is 0 Å². The molecule has 1 saturated carbocycles. The molecule has 3 N–H and O–H groups in total. The van der Waals surface area contributed by atoms with Gasteiger partial charge in [-0.1, -0.05) is 30.7 Å². The van der Waals surface area contributed by atoms with Crippen LogP contribution in [0.4, 0.5) is 5.69 Å². The van der Waals surface area contributed by atoms with Gasteiger partial charge in [0.1, 0.15) is 0 Å². The van der Waals surface area contributed by atoms with Gasteiger partial charge in [-0.25, -0.2) is 13.9 Å². The van der Waals surface area contributed by atoms with E-state index in [4.69, 9.17) is 5.21 Å². The van der Waals surface area contributed by atoms with Gasteiger partial charge >= 0.3 is 0 Å². The predicted octanol–water partition coefficient (Wildman–Crippen LogP) is 3.64. The number of hydroxylamine groups is 1. The molecule has 1 aliphatic rings. The maximum atomic E-state index is 12.5. The standard InChI is InChI=1S/C19H22N2O4S2/c22-19(20-23)14-6-4-8-16(12-14)26-17-9-5-7-15(13-17)21-27(24,25)18-10-2-1-3-11-18/h1-3,5,7,9-11,13-14,16,21,23H,4,6,8,12H2,(H,20,22). The van der Waals surface area contributed by atoms with Crippen molar-refractivity contribution in [3.8, 4) is 0 Å². The molecule has 2 aromatic rings. The number of carbonyl (C=O) groups is 1. The van der Waals surface area contributed by atoms with Crippen molar-refractivity contribution in [2.45, 2.75) is 40.7 Å². The molecule has 3 rings (SSSR count). The maximum Gasteiger partial charge on any atom is 0.261 e. The minimum absolute atomic E-state index is 0.180. The molecule has 144 valence electrons. The van der Waals surface area contributed by atoms with Crippen LogP contribution < -0.4 is 10.2 Å². The lowest BCUT2D eigenvalue weighted by Gasteiger charge is -2.27. The highest BCUT2D eigenvalue weighted by Gasteiger charge is 2.27. The molecule has 0 heterocycles. The van der Waals surface area contributed by atoms with Crippen LogP contribution in [0, 0.1) is 5.92 Å². The van der Waals surface area contributed by atoms with Crippen molar-refractivity contribution in [1.82, 2.24) is 5.48 Å². The lowest BCUT2D eigenvalue weighted by molar-refractivity contribution is -0.134. The Labute approximate surface area is 163 Å². The highest BCUT2D eigenvalue weighted by Crippen LogP contribution is 2.37. The molecule has 0 bridgehead atoms. The topological polar surface area (TPSA) is 95.5 Å². The first-order valence-corrected chi connectivity index (χ1v) is 11.1. The fraction of sp³-hybridized carbons (Fsp3) is 0.316. The van der Waals surface area contributed by atoms with Crippen LogP contribution in [0.25, 0.3) is 0 Å². The van der Waals surface area contributed by atoms with E-state index in [1.54, 1.807) is 59.7 Å². The number of hydrogen-bond donors (Lipinski definition) is 3. The SMILES string of the molecule is O=C(NO)C1CCCC(Sc2cccc(NS(=O)(=O)c3ccccc3)c2)C1. The predicted molar refractivity (Wildman–Crippen MR) is 105 cm³/mol. The first kappa shape index (κ1) is 19.7. The highest BCUT2D eigenvalue weighted by atomic mass is 32.2. The minimum Gasteiger partial charge on any atom is -0.289 e. The molecule has 2 aromatic carbocycles. The number of hydrogen-bond acceptors (Lipinski definition) is 5. The van der Waals surface area contributed by atoms with Crippen LogP contribution in [-0.2, 0) is 14.8 Å². The summed E-state index contributed by atoms with van der Waals surface area (Å²) < 4.78 is 27.5. The Morgan fingerprint density at radius 1 is 1.07 bits per heavy atom. The molecular formula is C19H22N2O4S2. The Morgan fingerprint density at radius 3 is 2.59 bits per heavy atom. The molecule has 0 radical (unpaired) electrons. The zero-order valence-electron chi connectivity index (χ0n) is 14.7. The number of anilines is 1. The van der Waals surface area contributed by atoms with Crippen molar-refractivity contribution >= 4 is 33.4 Å². The molecular weight excluding hydrogens is 384 g/mol. The van der Waals surface area contributed by atoms with Crippen molar-refractivity contribution in [3.05, 3.63) is 54.6 Å². The second kappa shape index (κ2) is 8.77. The Hall–Kier alpha value is -2.03. The zero-order chi connectivity index (χ0) is 19.3. The average molecular weight is 407 g/mol. The smallest absolute Gasteiger partial charge is 0.261 e. The largest absolute Gasteiger partial charge is 0.289 e. The summed E-state index contributed by atoms with van der Waals surface area (Å²) in [6.45, 7) is 0. The van der Waals surface area contributed by atoms with Gasteiger partial charge in [0.15, 0.2) is 0 Å². The van der Waals surface area contributed by atoms with Crippen molar-refractivity contribution < 1.29 is 18.4 Å². The van der Waals surface area contributed by atoms with Crippen LogP contribution in [0.5, 0.6) is 0 Å². The molecule has 6 nitrogen and oxygen atoms in total. The molecule has 27 heavy (non-hydrogen) atoms. The average Bonchev–Trinajstić information content (AvgIpc) is 2.68. The molecule has 0 saturated heterocycles. The molecule has 1 amide bonds. The third-order valence-electron chi connectivity index (χ3n) is 4.55. The lowest BCUT2D eigenvalue weighted by Crippen LogP contribution is -2.32. The van der Waals surface area contributed by atoms with E-state index >= 15 is 0 Å². The molecule has 2 atom stereocenters. The minimum atomic E-state index is -3.63.